The van der Waals surface area contributed by atoms with Gasteiger partial charge in [0.2, 0.25) is 5.91 Å². The Morgan fingerprint density at radius 1 is 1.04 bits per heavy atom. The van der Waals surface area contributed by atoms with Gasteiger partial charge in [0.1, 0.15) is 11.5 Å². The van der Waals surface area contributed by atoms with Gasteiger partial charge in [0.05, 0.1) is 20.3 Å². The number of fused-ring (bicyclic) bond motifs is 5. The van der Waals surface area contributed by atoms with E-state index in [1.807, 2.05) is 29.2 Å². The van der Waals surface area contributed by atoms with Crippen LogP contribution in [0.5, 0.6) is 11.5 Å². The standard InChI is InChI=1S/C22H26N2O3/c1-14-9-17-18(10-21(14)27-4)20-13-24(22(25)11-19(17)23(20)2)12-15-5-7-16(26-3)8-6-15/h5-10,19-20H,11-13H2,1-4H3. The second kappa shape index (κ2) is 6.89. The van der Waals surface area contributed by atoms with Crippen LogP contribution >= 0.6 is 0 Å². The van der Waals surface area contributed by atoms with Gasteiger partial charge in [-0.25, -0.2) is 0 Å². The molecule has 5 heteroatoms. The zero-order valence-electron chi connectivity index (χ0n) is 16.4. The van der Waals surface area contributed by atoms with Crippen LogP contribution in [0.4, 0.5) is 0 Å². The van der Waals surface area contributed by atoms with E-state index in [9.17, 15) is 4.79 Å². The van der Waals surface area contributed by atoms with E-state index in [1.54, 1.807) is 14.2 Å². The molecule has 2 heterocycles. The third-order valence-electron chi connectivity index (χ3n) is 5.95. The second-order valence-electron chi connectivity index (χ2n) is 7.47. The van der Waals surface area contributed by atoms with Crippen LogP contribution in [0.2, 0.25) is 0 Å². The molecule has 0 saturated carbocycles. The van der Waals surface area contributed by atoms with Crippen molar-refractivity contribution in [1.82, 2.24) is 9.80 Å². The molecule has 5 nitrogen and oxygen atoms in total. The van der Waals surface area contributed by atoms with Crippen LogP contribution in [0.25, 0.3) is 0 Å². The molecule has 1 saturated heterocycles. The maximum absolute atomic E-state index is 12.9. The lowest BCUT2D eigenvalue weighted by atomic mass is 9.95. The number of amides is 1. The van der Waals surface area contributed by atoms with E-state index in [1.165, 1.54) is 11.1 Å². The molecule has 2 aromatic carbocycles. The number of methoxy groups -OCH3 is 2. The van der Waals surface area contributed by atoms with Crippen molar-refractivity contribution < 1.29 is 14.3 Å². The largest absolute Gasteiger partial charge is 0.497 e. The molecule has 2 aliphatic rings. The molecule has 2 aromatic rings. The first-order chi connectivity index (χ1) is 13.0. The fourth-order valence-electron chi connectivity index (χ4n) is 4.37. The van der Waals surface area contributed by atoms with Crippen molar-refractivity contribution in [3.63, 3.8) is 0 Å². The second-order valence-corrected chi connectivity index (χ2v) is 7.47. The van der Waals surface area contributed by atoms with E-state index in [0.717, 1.165) is 22.6 Å². The number of benzene rings is 2. The lowest BCUT2D eigenvalue weighted by Gasteiger charge is -2.27. The maximum Gasteiger partial charge on any atom is 0.224 e. The number of nitrogens with zero attached hydrogens (tertiary/aromatic N) is 2. The third-order valence-corrected chi connectivity index (χ3v) is 5.95. The van der Waals surface area contributed by atoms with Crippen LogP contribution in [-0.2, 0) is 11.3 Å². The van der Waals surface area contributed by atoms with E-state index in [-0.39, 0.29) is 18.0 Å². The molecule has 2 atom stereocenters. The quantitative estimate of drug-likeness (QED) is 0.831. The van der Waals surface area contributed by atoms with Crippen molar-refractivity contribution in [1.29, 1.82) is 0 Å². The van der Waals surface area contributed by atoms with Crippen molar-refractivity contribution >= 4 is 5.91 Å². The van der Waals surface area contributed by atoms with Gasteiger partial charge in [-0.05, 0) is 54.4 Å². The number of aryl methyl sites for hydroxylation is 1. The molecule has 2 unspecified atom stereocenters. The predicted octanol–water partition coefficient (Wildman–Crippen LogP) is 3.47. The Labute approximate surface area is 160 Å². The summed E-state index contributed by atoms with van der Waals surface area (Å²) in [7, 11) is 5.50. The summed E-state index contributed by atoms with van der Waals surface area (Å²) < 4.78 is 10.8. The smallest absolute Gasteiger partial charge is 0.224 e. The topological polar surface area (TPSA) is 42.0 Å². The van der Waals surface area contributed by atoms with Crippen molar-refractivity contribution in [2.24, 2.45) is 0 Å². The highest BCUT2D eigenvalue weighted by molar-refractivity contribution is 5.78. The minimum absolute atomic E-state index is 0.142. The van der Waals surface area contributed by atoms with Crippen LogP contribution in [-0.4, -0.2) is 43.5 Å². The van der Waals surface area contributed by atoms with Gasteiger partial charge in [-0.1, -0.05) is 18.2 Å². The third kappa shape index (κ3) is 3.06. The van der Waals surface area contributed by atoms with Gasteiger partial charge in [-0.3, -0.25) is 9.69 Å². The van der Waals surface area contributed by atoms with Crippen molar-refractivity contribution in [2.45, 2.75) is 32.0 Å². The molecule has 27 heavy (non-hydrogen) atoms. The van der Waals surface area contributed by atoms with E-state index in [2.05, 4.69) is 31.0 Å². The number of rotatable bonds is 4. The first kappa shape index (κ1) is 17.9. The normalized spacial score (nSPS) is 21.8. The van der Waals surface area contributed by atoms with Crippen LogP contribution in [0.15, 0.2) is 36.4 Å². The monoisotopic (exact) mass is 366 g/mol. The van der Waals surface area contributed by atoms with Gasteiger partial charge < -0.3 is 14.4 Å². The Bertz CT molecular complexity index is 863. The van der Waals surface area contributed by atoms with Crippen LogP contribution < -0.4 is 9.47 Å². The van der Waals surface area contributed by atoms with Crippen LogP contribution in [0, 0.1) is 6.92 Å². The van der Waals surface area contributed by atoms with Gasteiger partial charge >= 0.3 is 0 Å². The Morgan fingerprint density at radius 2 is 1.74 bits per heavy atom. The van der Waals surface area contributed by atoms with E-state index < -0.39 is 0 Å². The number of ether oxygens (including phenoxy) is 2. The van der Waals surface area contributed by atoms with Crippen LogP contribution in [0.1, 0.15) is 40.8 Å². The van der Waals surface area contributed by atoms with E-state index in [0.29, 0.717) is 19.5 Å². The lowest BCUT2D eigenvalue weighted by Crippen LogP contribution is -2.34. The maximum atomic E-state index is 12.9. The van der Waals surface area contributed by atoms with Crippen molar-refractivity contribution in [3.05, 3.63) is 58.7 Å². The molecule has 2 aliphatic heterocycles. The van der Waals surface area contributed by atoms with Gasteiger partial charge in [0.15, 0.2) is 0 Å². The molecule has 0 aromatic heterocycles. The minimum atomic E-state index is 0.142. The summed E-state index contributed by atoms with van der Waals surface area (Å²) in [5.74, 6) is 1.96. The summed E-state index contributed by atoms with van der Waals surface area (Å²) in [5, 5.41) is 0. The number of likely N-dealkylation sites (N-methyl/N-ethyl adjacent to an activating group) is 1. The fourth-order valence-corrected chi connectivity index (χ4v) is 4.37. The Balaban J connectivity index is 1.63. The molecular formula is C22H26N2O3. The van der Waals surface area contributed by atoms with Gasteiger partial charge in [0.25, 0.3) is 0 Å². The summed E-state index contributed by atoms with van der Waals surface area (Å²) in [6.45, 7) is 3.38. The Hall–Kier alpha value is -2.53. The first-order valence-corrected chi connectivity index (χ1v) is 9.33. The molecule has 142 valence electrons. The van der Waals surface area contributed by atoms with Gasteiger partial charge in [-0.15, -0.1) is 0 Å². The molecule has 2 bridgehead atoms. The number of carbonyl (C=O) groups is 1. The van der Waals surface area contributed by atoms with Crippen LogP contribution in [0.3, 0.4) is 0 Å². The summed E-state index contributed by atoms with van der Waals surface area (Å²) >= 11 is 0. The highest BCUT2D eigenvalue weighted by atomic mass is 16.5. The lowest BCUT2D eigenvalue weighted by molar-refractivity contribution is -0.131. The van der Waals surface area contributed by atoms with E-state index >= 15 is 0 Å². The zero-order valence-corrected chi connectivity index (χ0v) is 16.4. The first-order valence-electron chi connectivity index (χ1n) is 9.33. The molecule has 0 aliphatic carbocycles. The zero-order chi connectivity index (χ0) is 19.1. The molecule has 0 spiro atoms. The Morgan fingerprint density at radius 3 is 2.41 bits per heavy atom. The molecule has 4 rings (SSSR count). The summed E-state index contributed by atoms with van der Waals surface area (Å²) in [6, 6.07) is 12.6. The summed E-state index contributed by atoms with van der Waals surface area (Å²) in [4.78, 5) is 17.3. The van der Waals surface area contributed by atoms with Crippen molar-refractivity contribution in [2.75, 3.05) is 27.8 Å². The minimum Gasteiger partial charge on any atom is -0.497 e. The highest BCUT2D eigenvalue weighted by Gasteiger charge is 2.42. The van der Waals surface area contributed by atoms with Gasteiger partial charge in [0, 0.05) is 25.6 Å². The summed E-state index contributed by atoms with van der Waals surface area (Å²) in [6.07, 6.45) is 0.516. The molecule has 0 radical (unpaired) electrons. The highest BCUT2D eigenvalue weighted by Crippen LogP contribution is 2.47. The molecular weight excluding hydrogens is 340 g/mol. The van der Waals surface area contributed by atoms with Gasteiger partial charge in [-0.2, -0.15) is 0 Å². The average Bonchev–Trinajstić information content (AvgIpc) is 2.84. The molecule has 1 amide bonds. The number of hydrogen-bond acceptors (Lipinski definition) is 4. The van der Waals surface area contributed by atoms with E-state index in [4.69, 9.17) is 9.47 Å². The Kier molecular flexibility index (Phi) is 4.56. The predicted molar refractivity (Wildman–Crippen MR) is 104 cm³/mol. The fraction of sp³-hybridized carbons (Fsp3) is 0.409. The molecule has 1 fully saturated rings. The SMILES string of the molecule is COc1ccc(CN2CC3c4cc(OC)c(C)cc4C(CC2=O)N3C)cc1. The van der Waals surface area contributed by atoms with Crippen molar-refractivity contribution in [3.8, 4) is 11.5 Å². The summed E-state index contributed by atoms with van der Waals surface area (Å²) in [5.41, 5.74) is 4.81. The number of hydrogen-bond donors (Lipinski definition) is 0. The number of carbonyl (C=O) groups excluding carboxylic acids is 1. The molecule has 0 N–H and O–H groups in total. The average molecular weight is 366 g/mol.